The van der Waals surface area contributed by atoms with Crippen LogP contribution in [-0.2, 0) is 16.0 Å². The molecule has 1 aliphatic carbocycles. The third-order valence-electron chi connectivity index (χ3n) is 6.21. The molecule has 166 valence electrons. The van der Waals surface area contributed by atoms with Crippen LogP contribution in [0.1, 0.15) is 54.3 Å². The number of nitrogens with zero attached hydrogens (tertiary/aromatic N) is 2. The Morgan fingerprint density at radius 3 is 2.68 bits per heavy atom. The van der Waals surface area contributed by atoms with Gasteiger partial charge in [0.1, 0.15) is 18.9 Å². The standard InChI is InChI=1S/C25H32N2O3S/c1-16(2)25(29)27(19-6-7-19)14-24(28)26-11-9-23-20(10-12-31-23)21(26)15-30-22-8-5-17(3)13-18(22)4/h5,8,10,12-13,16,19,21H,6-7,9,11,14-15H2,1-4H3/t21-/m1/s1. The molecule has 1 aromatic heterocycles. The van der Waals surface area contributed by atoms with E-state index < -0.39 is 0 Å². The van der Waals surface area contributed by atoms with Crippen molar-refractivity contribution in [3.05, 3.63) is 51.2 Å². The summed E-state index contributed by atoms with van der Waals surface area (Å²) in [6.45, 7) is 9.18. The van der Waals surface area contributed by atoms with Crippen molar-refractivity contribution >= 4 is 23.2 Å². The molecule has 5 nitrogen and oxygen atoms in total. The zero-order valence-corrected chi connectivity index (χ0v) is 19.7. The molecule has 0 radical (unpaired) electrons. The molecule has 1 aromatic carbocycles. The first-order valence-electron chi connectivity index (χ1n) is 11.2. The van der Waals surface area contributed by atoms with Gasteiger partial charge in [0.15, 0.2) is 0 Å². The van der Waals surface area contributed by atoms with Gasteiger partial charge in [0.25, 0.3) is 0 Å². The molecule has 1 fully saturated rings. The van der Waals surface area contributed by atoms with Crippen LogP contribution in [0, 0.1) is 19.8 Å². The van der Waals surface area contributed by atoms with Gasteiger partial charge in [0, 0.05) is 23.4 Å². The number of aryl methyl sites for hydroxylation is 2. The number of rotatable bonds is 7. The number of carbonyl (C=O) groups excluding carboxylic acids is 2. The monoisotopic (exact) mass is 440 g/mol. The first-order chi connectivity index (χ1) is 14.8. The van der Waals surface area contributed by atoms with Gasteiger partial charge in [-0.2, -0.15) is 0 Å². The average molecular weight is 441 g/mol. The van der Waals surface area contributed by atoms with Crippen molar-refractivity contribution < 1.29 is 14.3 Å². The normalized spacial score (nSPS) is 18.1. The molecule has 2 aromatic rings. The van der Waals surface area contributed by atoms with Crippen molar-refractivity contribution in [3.8, 4) is 5.75 Å². The molecule has 2 amide bonds. The molecular formula is C25H32N2O3S. The van der Waals surface area contributed by atoms with E-state index in [1.165, 1.54) is 16.0 Å². The molecule has 4 rings (SSSR count). The topological polar surface area (TPSA) is 49.9 Å². The lowest BCUT2D eigenvalue weighted by molar-refractivity contribution is -0.144. The smallest absolute Gasteiger partial charge is 0.242 e. The molecule has 0 saturated heterocycles. The summed E-state index contributed by atoms with van der Waals surface area (Å²) in [4.78, 5) is 31.2. The minimum Gasteiger partial charge on any atom is -0.491 e. The number of ether oxygens (including phenoxy) is 1. The van der Waals surface area contributed by atoms with Crippen LogP contribution >= 0.6 is 11.3 Å². The summed E-state index contributed by atoms with van der Waals surface area (Å²) in [5.74, 6) is 0.857. The Bertz CT molecular complexity index is 963. The zero-order chi connectivity index (χ0) is 22.1. The van der Waals surface area contributed by atoms with E-state index in [1.54, 1.807) is 16.2 Å². The molecule has 0 bridgehead atoms. The van der Waals surface area contributed by atoms with Crippen LogP contribution in [0.3, 0.4) is 0 Å². The summed E-state index contributed by atoms with van der Waals surface area (Å²) in [7, 11) is 0. The molecule has 0 N–H and O–H groups in total. The zero-order valence-electron chi connectivity index (χ0n) is 18.9. The minimum atomic E-state index is -0.126. The summed E-state index contributed by atoms with van der Waals surface area (Å²) in [6.07, 6.45) is 2.86. The highest BCUT2D eigenvalue weighted by molar-refractivity contribution is 7.10. The Kier molecular flexibility index (Phi) is 6.37. The lowest BCUT2D eigenvalue weighted by Gasteiger charge is -2.37. The van der Waals surface area contributed by atoms with Gasteiger partial charge in [-0.05, 0) is 61.7 Å². The molecule has 2 aliphatic rings. The molecule has 2 heterocycles. The van der Waals surface area contributed by atoms with Gasteiger partial charge < -0.3 is 14.5 Å². The highest BCUT2D eigenvalue weighted by Crippen LogP contribution is 2.35. The molecule has 31 heavy (non-hydrogen) atoms. The van der Waals surface area contributed by atoms with Crippen molar-refractivity contribution in [1.82, 2.24) is 9.80 Å². The van der Waals surface area contributed by atoms with E-state index in [2.05, 4.69) is 24.4 Å². The number of hydrogen-bond donors (Lipinski definition) is 0. The fourth-order valence-electron chi connectivity index (χ4n) is 4.35. The maximum Gasteiger partial charge on any atom is 0.242 e. The van der Waals surface area contributed by atoms with Crippen LogP contribution in [0.25, 0.3) is 0 Å². The molecule has 1 aliphatic heterocycles. The lowest BCUT2D eigenvalue weighted by Crippen LogP contribution is -2.49. The number of amides is 2. The molecule has 0 unspecified atom stereocenters. The van der Waals surface area contributed by atoms with Crippen molar-refractivity contribution in [2.24, 2.45) is 5.92 Å². The number of thiophene rings is 1. The van der Waals surface area contributed by atoms with E-state index in [0.29, 0.717) is 13.2 Å². The largest absolute Gasteiger partial charge is 0.491 e. The van der Waals surface area contributed by atoms with E-state index in [-0.39, 0.29) is 36.4 Å². The van der Waals surface area contributed by atoms with Crippen molar-refractivity contribution in [3.63, 3.8) is 0 Å². The third kappa shape index (κ3) is 4.79. The first-order valence-corrected chi connectivity index (χ1v) is 12.1. The maximum absolute atomic E-state index is 13.4. The van der Waals surface area contributed by atoms with Gasteiger partial charge >= 0.3 is 0 Å². The molecule has 6 heteroatoms. The van der Waals surface area contributed by atoms with Crippen molar-refractivity contribution in [2.75, 3.05) is 19.7 Å². The average Bonchev–Trinajstić information content (AvgIpc) is 3.46. The van der Waals surface area contributed by atoms with Crippen LogP contribution in [0.2, 0.25) is 0 Å². The van der Waals surface area contributed by atoms with Gasteiger partial charge in [-0.1, -0.05) is 31.5 Å². The number of carbonyl (C=O) groups is 2. The predicted molar refractivity (Wildman–Crippen MR) is 123 cm³/mol. The van der Waals surface area contributed by atoms with E-state index >= 15 is 0 Å². The first kappa shape index (κ1) is 21.9. The maximum atomic E-state index is 13.4. The van der Waals surface area contributed by atoms with Crippen LogP contribution in [0.5, 0.6) is 5.75 Å². The summed E-state index contributed by atoms with van der Waals surface area (Å²) in [6, 6.07) is 8.38. The van der Waals surface area contributed by atoms with Gasteiger partial charge in [-0.3, -0.25) is 9.59 Å². The van der Waals surface area contributed by atoms with Gasteiger partial charge in [0.2, 0.25) is 11.8 Å². The SMILES string of the molecule is Cc1ccc(OC[C@@H]2c3ccsc3CCN2C(=O)CN(C(=O)C(C)C)C2CC2)c(C)c1. The fraction of sp³-hybridized carbons (Fsp3) is 0.520. The molecular weight excluding hydrogens is 408 g/mol. The second-order valence-electron chi connectivity index (χ2n) is 9.08. The van der Waals surface area contributed by atoms with Gasteiger partial charge in [0.05, 0.1) is 6.04 Å². The Morgan fingerprint density at radius 1 is 1.23 bits per heavy atom. The van der Waals surface area contributed by atoms with Crippen LogP contribution in [0.4, 0.5) is 0 Å². The van der Waals surface area contributed by atoms with Crippen LogP contribution in [-0.4, -0.2) is 47.4 Å². The van der Waals surface area contributed by atoms with E-state index in [4.69, 9.17) is 4.74 Å². The molecule has 0 spiro atoms. The van der Waals surface area contributed by atoms with Crippen molar-refractivity contribution in [1.29, 1.82) is 0 Å². The van der Waals surface area contributed by atoms with E-state index in [0.717, 1.165) is 30.6 Å². The Labute approximate surface area is 189 Å². The van der Waals surface area contributed by atoms with Crippen molar-refractivity contribution in [2.45, 2.75) is 59.0 Å². The Hall–Kier alpha value is -2.34. The highest BCUT2D eigenvalue weighted by Gasteiger charge is 2.38. The number of benzene rings is 1. The van der Waals surface area contributed by atoms with Crippen LogP contribution in [0.15, 0.2) is 29.6 Å². The second-order valence-corrected chi connectivity index (χ2v) is 10.1. The predicted octanol–water partition coefficient (Wildman–Crippen LogP) is 4.52. The lowest BCUT2D eigenvalue weighted by atomic mass is 10.00. The number of hydrogen-bond acceptors (Lipinski definition) is 4. The summed E-state index contributed by atoms with van der Waals surface area (Å²) >= 11 is 1.75. The molecule has 1 saturated carbocycles. The minimum absolute atomic E-state index is 0.0204. The summed E-state index contributed by atoms with van der Waals surface area (Å²) < 4.78 is 6.22. The van der Waals surface area contributed by atoms with E-state index in [1.807, 2.05) is 37.8 Å². The highest BCUT2D eigenvalue weighted by atomic mass is 32.1. The summed E-state index contributed by atoms with van der Waals surface area (Å²) in [5.41, 5.74) is 3.48. The Morgan fingerprint density at radius 2 is 2.00 bits per heavy atom. The van der Waals surface area contributed by atoms with Gasteiger partial charge in [-0.15, -0.1) is 11.3 Å². The third-order valence-corrected chi connectivity index (χ3v) is 7.21. The number of fused-ring (bicyclic) bond motifs is 1. The Balaban J connectivity index is 1.52. The van der Waals surface area contributed by atoms with E-state index in [9.17, 15) is 9.59 Å². The summed E-state index contributed by atoms with van der Waals surface area (Å²) in [5, 5.41) is 2.10. The van der Waals surface area contributed by atoms with Crippen LogP contribution < -0.4 is 4.74 Å². The van der Waals surface area contributed by atoms with Gasteiger partial charge in [-0.25, -0.2) is 0 Å². The second kappa shape index (κ2) is 9.03. The quantitative estimate of drug-likeness (QED) is 0.636. The fourth-order valence-corrected chi connectivity index (χ4v) is 5.27. The molecule has 1 atom stereocenters.